The van der Waals surface area contributed by atoms with Crippen LogP contribution >= 0.6 is 0 Å². The van der Waals surface area contributed by atoms with E-state index in [4.69, 9.17) is 4.74 Å². The summed E-state index contributed by atoms with van der Waals surface area (Å²) >= 11 is 0. The van der Waals surface area contributed by atoms with Crippen LogP contribution in [0, 0.1) is 11.3 Å². The maximum Gasteiger partial charge on any atom is 0.199 e. The number of benzene rings is 1. The molecule has 0 saturated carbocycles. The molecule has 1 aromatic carbocycles. The fourth-order valence-electron chi connectivity index (χ4n) is 2.13. The van der Waals surface area contributed by atoms with Gasteiger partial charge in [-0.15, -0.1) is 0 Å². The van der Waals surface area contributed by atoms with Crippen molar-refractivity contribution in [1.29, 1.82) is 5.26 Å². The number of imidazole rings is 1. The van der Waals surface area contributed by atoms with Crippen molar-refractivity contribution in [2.24, 2.45) is 0 Å². The van der Waals surface area contributed by atoms with Gasteiger partial charge >= 0.3 is 0 Å². The number of nitrogens with zero attached hydrogens (tertiary/aromatic N) is 3. The van der Waals surface area contributed by atoms with Gasteiger partial charge in [-0.05, 0) is 12.1 Å². The number of fused-ring (bicyclic) bond motifs is 1. The van der Waals surface area contributed by atoms with Crippen LogP contribution in [0.3, 0.4) is 0 Å². The predicted octanol–water partition coefficient (Wildman–Crippen LogP) is 2.88. The van der Waals surface area contributed by atoms with E-state index in [1.807, 2.05) is 52.9 Å². The van der Waals surface area contributed by atoms with E-state index in [1.54, 1.807) is 7.11 Å². The summed E-state index contributed by atoms with van der Waals surface area (Å²) in [6, 6.07) is 17.4. The normalized spacial score (nSPS) is 10.3. The molecule has 0 amide bonds. The number of ether oxygens (including phenoxy) is 1. The molecule has 0 aliphatic heterocycles. The first kappa shape index (κ1) is 11.3. The van der Waals surface area contributed by atoms with Crippen molar-refractivity contribution in [1.82, 2.24) is 9.38 Å². The molecular formula is C15H11N3O. The zero-order valence-electron chi connectivity index (χ0n) is 10.4. The summed E-state index contributed by atoms with van der Waals surface area (Å²) in [5.74, 6) is 1.37. The summed E-state index contributed by atoms with van der Waals surface area (Å²) in [4.78, 5) is 4.41. The van der Waals surface area contributed by atoms with Crippen LogP contribution in [0.25, 0.3) is 16.9 Å². The molecule has 0 fully saturated rings. The first-order chi connectivity index (χ1) is 9.35. The minimum atomic E-state index is 0.401. The zero-order valence-corrected chi connectivity index (χ0v) is 10.4. The third kappa shape index (κ3) is 1.72. The Morgan fingerprint density at radius 3 is 2.58 bits per heavy atom. The van der Waals surface area contributed by atoms with Crippen molar-refractivity contribution < 1.29 is 4.74 Å². The van der Waals surface area contributed by atoms with Crippen molar-refractivity contribution in [2.75, 3.05) is 7.11 Å². The lowest BCUT2D eigenvalue weighted by Gasteiger charge is -2.06. The second-order valence-electron chi connectivity index (χ2n) is 4.05. The first-order valence-corrected chi connectivity index (χ1v) is 5.86. The SMILES string of the molecule is COc1cccc2c(C#N)nc(-c3ccccc3)n12. The average molecular weight is 249 g/mol. The Morgan fingerprint density at radius 2 is 1.89 bits per heavy atom. The first-order valence-electron chi connectivity index (χ1n) is 5.86. The third-order valence-corrected chi connectivity index (χ3v) is 2.97. The van der Waals surface area contributed by atoms with Crippen LogP contribution in [0.4, 0.5) is 0 Å². The molecule has 4 nitrogen and oxygen atoms in total. The van der Waals surface area contributed by atoms with Gasteiger partial charge in [0.1, 0.15) is 11.9 Å². The Hall–Kier alpha value is -2.80. The summed E-state index contributed by atoms with van der Waals surface area (Å²) in [5.41, 5.74) is 2.10. The number of pyridine rings is 1. The molecule has 3 aromatic rings. The molecule has 0 aliphatic rings. The van der Waals surface area contributed by atoms with E-state index in [9.17, 15) is 5.26 Å². The quantitative estimate of drug-likeness (QED) is 0.701. The van der Waals surface area contributed by atoms with Gasteiger partial charge in [0.25, 0.3) is 0 Å². The number of hydrogen-bond donors (Lipinski definition) is 0. The minimum Gasteiger partial charge on any atom is -0.482 e. The van der Waals surface area contributed by atoms with Gasteiger partial charge < -0.3 is 4.74 Å². The molecule has 2 aromatic heterocycles. The van der Waals surface area contributed by atoms with E-state index in [0.717, 1.165) is 11.1 Å². The number of nitriles is 1. The maximum absolute atomic E-state index is 9.19. The lowest BCUT2D eigenvalue weighted by atomic mass is 10.2. The number of aromatic nitrogens is 2. The molecule has 0 bridgehead atoms. The van der Waals surface area contributed by atoms with Gasteiger partial charge in [0, 0.05) is 5.56 Å². The average Bonchev–Trinajstić information content (AvgIpc) is 2.87. The summed E-state index contributed by atoms with van der Waals surface area (Å²) in [6.45, 7) is 0. The molecule has 3 rings (SSSR count). The summed E-state index contributed by atoms with van der Waals surface area (Å²) < 4.78 is 7.22. The molecular weight excluding hydrogens is 238 g/mol. The van der Waals surface area contributed by atoms with Crippen molar-refractivity contribution in [3.05, 3.63) is 54.2 Å². The summed E-state index contributed by atoms with van der Waals surface area (Å²) in [7, 11) is 1.61. The van der Waals surface area contributed by atoms with Crippen molar-refractivity contribution in [3.63, 3.8) is 0 Å². The molecule has 92 valence electrons. The van der Waals surface area contributed by atoms with Gasteiger partial charge in [-0.1, -0.05) is 36.4 Å². The Labute approximate surface area is 110 Å². The highest BCUT2D eigenvalue weighted by Crippen LogP contribution is 2.27. The van der Waals surface area contributed by atoms with E-state index in [2.05, 4.69) is 11.1 Å². The fourth-order valence-corrected chi connectivity index (χ4v) is 2.13. The van der Waals surface area contributed by atoms with Gasteiger partial charge in [-0.2, -0.15) is 5.26 Å². The van der Waals surface area contributed by atoms with Crippen molar-refractivity contribution >= 4 is 5.52 Å². The summed E-state index contributed by atoms with van der Waals surface area (Å²) in [5, 5.41) is 9.19. The molecule has 0 unspecified atom stereocenters. The lowest BCUT2D eigenvalue weighted by molar-refractivity contribution is 0.393. The van der Waals surface area contributed by atoms with Gasteiger partial charge in [-0.3, -0.25) is 4.40 Å². The molecule has 19 heavy (non-hydrogen) atoms. The Balaban J connectivity index is 2.40. The van der Waals surface area contributed by atoms with Crippen LogP contribution in [-0.4, -0.2) is 16.5 Å². The standard InChI is InChI=1S/C15H11N3O/c1-19-14-9-5-8-13-12(10-16)17-15(18(13)14)11-6-3-2-4-7-11/h2-9H,1H3. The molecule has 2 heterocycles. The lowest BCUT2D eigenvalue weighted by Crippen LogP contribution is -1.95. The molecule has 0 spiro atoms. The molecule has 0 radical (unpaired) electrons. The molecule has 0 atom stereocenters. The highest BCUT2D eigenvalue weighted by Gasteiger charge is 2.14. The Morgan fingerprint density at radius 1 is 1.11 bits per heavy atom. The third-order valence-electron chi connectivity index (χ3n) is 2.97. The zero-order chi connectivity index (χ0) is 13.2. The van der Waals surface area contributed by atoms with E-state index in [1.165, 1.54) is 0 Å². The second-order valence-corrected chi connectivity index (χ2v) is 4.05. The van der Waals surface area contributed by atoms with E-state index >= 15 is 0 Å². The van der Waals surface area contributed by atoms with Gasteiger partial charge in [0.15, 0.2) is 11.6 Å². The number of methoxy groups -OCH3 is 1. The predicted molar refractivity (Wildman–Crippen MR) is 71.9 cm³/mol. The highest BCUT2D eigenvalue weighted by molar-refractivity contribution is 5.69. The smallest absolute Gasteiger partial charge is 0.199 e. The highest BCUT2D eigenvalue weighted by atomic mass is 16.5. The largest absolute Gasteiger partial charge is 0.482 e. The van der Waals surface area contributed by atoms with Crippen LogP contribution in [0.1, 0.15) is 5.69 Å². The maximum atomic E-state index is 9.19. The van der Waals surface area contributed by atoms with Gasteiger partial charge in [0.2, 0.25) is 0 Å². The van der Waals surface area contributed by atoms with Crippen molar-refractivity contribution in [2.45, 2.75) is 0 Å². The van der Waals surface area contributed by atoms with Crippen LogP contribution in [0.5, 0.6) is 5.88 Å². The van der Waals surface area contributed by atoms with Gasteiger partial charge in [0.05, 0.1) is 12.6 Å². The minimum absolute atomic E-state index is 0.401. The van der Waals surface area contributed by atoms with E-state index in [0.29, 0.717) is 17.4 Å². The van der Waals surface area contributed by atoms with E-state index in [-0.39, 0.29) is 0 Å². The number of hydrogen-bond acceptors (Lipinski definition) is 3. The molecule has 0 saturated heterocycles. The fraction of sp³-hybridized carbons (Fsp3) is 0.0667. The van der Waals surface area contributed by atoms with Gasteiger partial charge in [-0.25, -0.2) is 4.98 Å². The van der Waals surface area contributed by atoms with Crippen LogP contribution in [0.2, 0.25) is 0 Å². The second kappa shape index (κ2) is 4.46. The molecule has 0 aliphatic carbocycles. The molecule has 4 heteroatoms. The van der Waals surface area contributed by atoms with Crippen LogP contribution < -0.4 is 4.74 Å². The summed E-state index contributed by atoms with van der Waals surface area (Å²) in [6.07, 6.45) is 0. The Bertz CT molecular complexity index is 769. The molecule has 0 N–H and O–H groups in total. The van der Waals surface area contributed by atoms with Crippen molar-refractivity contribution in [3.8, 4) is 23.3 Å². The number of rotatable bonds is 2. The topological polar surface area (TPSA) is 50.3 Å². The monoisotopic (exact) mass is 249 g/mol. The Kier molecular flexibility index (Phi) is 2.66. The van der Waals surface area contributed by atoms with Crippen LogP contribution in [0.15, 0.2) is 48.5 Å². The van der Waals surface area contributed by atoms with Crippen LogP contribution in [-0.2, 0) is 0 Å². The van der Waals surface area contributed by atoms with E-state index < -0.39 is 0 Å².